The van der Waals surface area contributed by atoms with E-state index in [4.69, 9.17) is 10.3 Å². The number of aromatic nitrogens is 4. The van der Waals surface area contributed by atoms with Crippen molar-refractivity contribution in [3.8, 4) is 10.8 Å². The van der Waals surface area contributed by atoms with Crippen LogP contribution in [0.1, 0.15) is 19.0 Å². The standard InChI is InChI=1S/C7H9N5OS/c1-2-3-4-5(14-12-10-4)6-9-7(8)11-13-6/h2-3H2,1H3,(H2,8,11). The molecule has 2 rings (SSSR count). The highest BCUT2D eigenvalue weighted by Crippen LogP contribution is 2.25. The molecule has 0 aliphatic carbocycles. The Hall–Kier alpha value is -1.50. The lowest BCUT2D eigenvalue weighted by molar-refractivity contribution is 0.433. The highest BCUT2D eigenvalue weighted by molar-refractivity contribution is 7.09. The number of hydrogen-bond acceptors (Lipinski definition) is 7. The number of nitrogen functional groups attached to an aromatic ring is 1. The Morgan fingerprint density at radius 3 is 3.00 bits per heavy atom. The van der Waals surface area contributed by atoms with Gasteiger partial charge in [-0.1, -0.05) is 17.8 Å². The number of nitrogens with two attached hydrogens (primary N) is 1. The van der Waals surface area contributed by atoms with Crippen LogP contribution in [0.5, 0.6) is 0 Å². The van der Waals surface area contributed by atoms with Gasteiger partial charge in [0.2, 0.25) is 0 Å². The lowest BCUT2D eigenvalue weighted by Crippen LogP contribution is -1.88. The van der Waals surface area contributed by atoms with E-state index < -0.39 is 0 Å². The Balaban J connectivity index is 2.36. The maximum absolute atomic E-state index is 5.36. The van der Waals surface area contributed by atoms with Gasteiger partial charge in [-0.05, 0) is 23.1 Å². The summed E-state index contributed by atoms with van der Waals surface area (Å²) < 4.78 is 8.79. The second-order valence-corrected chi connectivity index (χ2v) is 3.51. The van der Waals surface area contributed by atoms with Gasteiger partial charge in [0.05, 0.1) is 5.69 Å². The van der Waals surface area contributed by atoms with Crippen LogP contribution < -0.4 is 5.73 Å². The van der Waals surface area contributed by atoms with Crippen molar-refractivity contribution in [2.45, 2.75) is 19.8 Å². The molecule has 2 aromatic rings. The highest BCUT2D eigenvalue weighted by atomic mass is 32.1. The second kappa shape index (κ2) is 3.70. The Bertz CT molecular complexity index is 423. The van der Waals surface area contributed by atoms with Crippen molar-refractivity contribution in [2.24, 2.45) is 0 Å². The fourth-order valence-corrected chi connectivity index (χ4v) is 1.73. The van der Waals surface area contributed by atoms with Crippen LogP contribution in [0.15, 0.2) is 4.52 Å². The molecule has 7 heteroatoms. The molecule has 0 aliphatic rings. The molecule has 0 saturated heterocycles. The van der Waals surface area contributed by atoms with Crippen molar-refractivity contribution in [1.82, 2.24) is 19.7 Å². The summed E-state index contributed by atoms with van der Waals surface area (Å²) in [5, 5.41) is 7.51. The fourth-order valence-electron chi connectivity index (χ4n) is 1.10. The molecule has 74 valence electrons. The summed E-state index contributed by atoms with van der Waals surface area (Å²) >= 11 is 1.24. The third kappa shape index (κ3) is 1.58. The van der Waals surface area contributed by atoms with E-state index in [1.807, 2.05) is 0 Å². The van der Waals surface area contributed by atoms with E-state index in [1.165, 1.54) is 11.5 Å². The van der Waals surface area contributed by atoms with Crippen molar-refractivity contribution in [2.75, 3.05) is 5.73 Å². The van der Waals surface area contributed by atoms with Gasteiger partial charge in [0, 0.05) is 0 Å². The molecule has 0 atom stereocenters. The van der Waals surface area contributed by atoms with Crippen LogP contribution in [0.2, 0.25) is 0 Å². The van der Waals surface area contributed by atoms with E-state index in [0.717, 1.165) is 23.4 Å². The molecule has 6 nitrogen and oxygen atoms in total. The lowest BCUT2D eigenvalue weighted by Gasteiger charge is -1.91. The minimum absolute atomic E-state index is 0.135. The molecule has 0 radical (unpaired) electrons. The zero-order valence-electron chi connectivity index (χ0n) is 7.60. The Morgan fingerprint density at radius 2 is 2.36 bits per heavy atom. The molecule has 0 saturated carbocycles. The first-order chi connectivity index (χ1) is 6.81. The van der Waals surface area contributed by atoms with Gasteiger partial charge >= 0.3 is 0 Å². The van der Waals surface area contributed by atoms with Gasteiger partial charge in [-0.3, -0.25) is 0 Å². The Labute approximate surface area is 84.3 Å². The molecule has 0 unspecified atom stereocenters. The maximum Gasteiger partial charge on any atom is 0.273 e. The molecule has 0 amide bonds. The van der Waals surface area contributed by atoms with Crippen LogP contribution in [0.25, 0.3) is 10.8 Å². The van der Waals surface area contributed by atoms with Crippen LogP contribution in [0.3, 0.4) is 0 Å². The van der Waals surface area contributed by atoms with Crippen molar-refractivity contribution in [3.05, 3.63) is 5.69 Å². The first kappa shape index (κ1) is 9.07. The smallest absolute Gasteiger partial charge is 0.273 e. The number of nitrogens with zero attached hydrogens (tertiary/aromatic N) is 4. The second-order valence-electron chi connectivity index (χ2n) is 2.76. The Kier molecular flexibility index (Phi) is 2.40. The summed E-state index contributed by atoms with van der Waals surface area (Å²) in [7, 11) is 0. The van der Waals surface area contributed by atoms with Gasteiger partial charge in [0.1, 0.15) is 4.88 Å². The van der Waals surface area contributed by atoms with E-state index in [2.05, 4.69) is 26.7 Å². The fraction of sp³-hybridized carbons (Fsp3) is 0.429. The van der Waals surface area contributed by atoms with Gasteiger partial charge in [-0.2, -0.15) is 4.98 Å². The predicted octanol–water partition coefficient (Wildman–Crippen LogP) is 1.12. The van der Waals surface area contributed by atoms with Crippen molar-refractivity contribution < 1.29 is 4.52 Å². The molecule has 0 fully saturated rings. The maximum atomic E-state index is 5.36. The van der Waals surface area contributed by atoms with Crippen LogP contribution >= 0.6 is 11.5 Å². The number of rotatable bonds is 3. The highest BCUT2D eigenvalue weighted by Gasteiger charge is 2.15. The topological polar surface area (TPSA) is 90.7 Å². The van der Waals surface area contributed by atoms with Gasteiger partial charge < -0.3 is 10.3 Å². The molecule has 2 heterocycles. The molecular weight excluding hydrogens is 202 g/mol. The van der Waals surface area contributed by atoms with Crippen LogP contribution in [0, 0.1) is 0 Å². The van der Waals surface area contributed by atoms with Crippen molar-refractivity contribution >= 4 is 17.5 Å². The molecule has 0 aliphatic heterocycles. The largest absolute Gasteiger partial charge is 0.365 e. The SMILES string of the molecule is CCCc1nnsc1-c1nc(N)no1. The van der Waals surface area contributed by atoms with Crippen molar-refractivity contribution in [3.63, 3.8) is 0 Å². The van der Waals surface area contributed by atoms with Gasteiger partial charge in [-0.25, -0.2) is 0 Å². The minimum Gasteiger partial charge on any atom is -0.365 e. The van der Waals surface area contributed by atoms with E-state index in [0.29, 0.717) is 5.89 Å². The first-order valence-corrected chi connectivity index (χ1v) is 4.99. The van der Waals surface area contributed by atoms with Gasteiger partial charge in [0.25, 0.3) is 11.8 Å². The van der Waals surface area contributed by atoms with E-state index >= 15 is 0 Å². The summed E-state index contributed by atoms with van der Waals surface area (Å²) in [5.74, 6) is 0.539. The van der Waals surface area contributed by atoms with Gasteiger partial charge in [0.15, 0.2) is 0 Å². The first-order valence-electron chi connectivity index (χ1n) is 4.22. The minimum atomic E-state index is 0.135. The normalized spacial score (nSPS) is 10.6. The van der Waals surface area contributed by atoms with Crippen LogP contribution in [0.4, 0.5) is 5.95 Å². The Morgan fingerprint density at radius 1 is 1.50 bits per heavy atom. The third-order valence-electron chi connectivity index (χ3n) is 1.68. The van der Waals surface area contributed by atoms with Crippen molar-refractivity contribution in [1.29, 1.82) is 0 Å². The summed E-state index contributed by atoms with van der Waals surface area (Å²) in [6, 6.07) is 0. The number of anilines is 1. The average molecular weight is 211 g/mol. The molecule has 2 N–H and O–H groups in total. The van der Waals surface area contributed by atoms with E-state index in [-0.39, 0.29) is 5.95 Å². The molecule has 0 aromatic carbocycles. The number of aryl methyl sites for hydroxylation is 1. The summed E-state index contributed by atoms with van der Waals surface area (Å²) in [5.41, 5.74) is 6.25. The monoisotopic (exact) mass is 211 g/mol. The lowest BCUT2D eigenvalue weighted by atomic mass is 10.2. The predicted molar refractivity (Wildman–Crippen MR) is 51.6 cm³/mol. The molecule has 0 bridgehead atoms. The summed E-state index contributed by atoms with van der Waals surface area (Å²) in [6.45, 7) is 2.07. The molecule has 2 aromatic heterocycles. The molecule has 14 heavy (non-hydrogen) atoms. The third-order valence-corrected chi connectivity index (χ3v) is 2.43. The average Bonchev–Trinajstić information content (AvgIpc) is 2.74. The van der Waals surface area contributed by atoms with E-state index in [9.17, 15) is 0 Å². The zero-order chi connectivity index (χ0) is 9.97. The van der Waals surface area contributed by atoms with Crippen LogP contribution in [-0.2, 0) is 6.42 Å². The molecular formula is C7H9N5OS. The van der Waals surface area contributed by atoms with Gasteiger partial charge in [-0.15, -0.1) is 5.10 Å². The van der Waals surface area contributed by atoms with Crippen LogP contribution in [-0.4, -0.2) is 19.7 Å². The quantitative estimate of drug-likeness (QED) is 0.818. The number of hydrogen-bond donors (Lipinski definition) is 1. The zero-order valence-corrected chi connectivity index (χ0v) is 8.41. The summed E-state index contributed by atoms with van der Waals surface area (Å²) in [4.78, 5) is 4.74. The molecule has 0 spiro atoms. The van der Waals surface area contributed by atoms with E-state index in [1.54, 1.807) is 0 Å². The summed E-state index contributed by atoms with van der Waals surface area (Å²) in [6.07, 6.45) is 1.86.